The lowest BCUT2D eigenvalue weighted by molar-refractivity contribution is 1.18. The van der Waals surface area contributed by atoms with E-state index in [1.54, 1.807) is 0 Å². The second kappa shape index (κ2) is 5.99. The predicted octanol–water partition coefficient (Wildman–Crippen LogP) is 7.65. The highest BCUT2D eigenvalue weighted by molar-refractivity contribution is 6.14. The molecule has 2 nitrogen and oxygen atoms in total. The Morgan fingerprint density at radius 2 is 1.07 bits per heavy atom. The Bertz CT molecular complexity index is 1570. The fourth-order valence-corrected chi connectivity index (χ4v) is 4.92. The first-order valence-corrected chi connectivity index (χ1v) is 10.5. The SMILES string of the molecule is Cc1ccc2[nH]c3c(-n4c5ccc(C)cc5c5cc(C)ccc54)cc(C)cc3c2c1. The number of aromatic nitrogens is 2. The van der Waals surface area contributed by atoms with Crippen molar-refractivity contribution in [3.63, 3.8) is 0 Å². The molecule has 4 aromatic carbocycles. The van der Waals surface area contributed by atoms with Crippen molar-refractivity contribution in [3.05, 3.63) is 89.0 Å². The Hall–Kier alpha value is -3.52. The molecule has 0 aliphatic carbocycles. The lowest BCUT2D eigenvalue weighted by Gasteiger charge is -2.11. The van der Waals surface area contributed by atoms with Crippen LogP contribution in [0.1, 0.15) is 22.3 Å². The number of aromatic amines is 1. The van der Waals surface area contributed by atoms with Crippen molar-refractivity contribution in [2.45, 2.75) is 27.7 Å². The van der Waals surface area contributed by atoms with Gasteiger partial charge < -0.3 is 9.55 Å². The molecule has 2 heteroatoms. The molecule has 6 rings (SSSR count). The summed E-state index contributed by atoms with van der Waals surface area (Å²) in [5.74, 6) is 0. The molecule has 0 aliphatic rings. The van der Waals surface area contributed by atoms with Crippen molar-refractivity contribution >= 4 is 43.6 Å². The van der Waals surface area contributed by atoms with Gasteiger partial charge in [0.25, 0.3) is 0 Å². The molecular weight excluding hydrogens is 364 g/mol. The quantitative estimate of drug-likeness (QED) is 0.299. The predicted molar refractivity (Wildman–Crippen MR) is 129 cm³/mol. The van der Waals surface area contributed by atoms with Gasteiger partial charge in [-0.2, -0.15) is 0 Å². The van der Waals surface area contributed by atoms with Crippen molar-refractivity contribution in [1.82, 2.24) is 9.55 Å². The minimum atomic E-state index is 1.19. The largest absolute Gasteiger partial charge is 0.353 e. The van der Waals surface area contributed by atoms with Gasteiger partial charge in [-0.25, -0.2) is 0 Å². The molecule has 0 fully saturated rings. The lowest BCUT2D eigenvalue weighted by Crippen LogP contribution is -1.96. The van der Waals surface area contributed by atoms with Crippen molar-refractivity contribution in [1.29, 1.82) is 0 Å². The number of hydrogen-bond donors (Lipinski definition) is 1. The molecule has 0 amide bonds. The lowest BCUT2D eigenvalue weighted by atomic mass is 10.1. The third-order valence-corrected chi connectivity index (χ3v) is 6.30. The molecular formula is C28H24N2. The summed E-state index contributed by atoms with van der Waals surface area (Å²) in [7, 11) is 0. The van der Waals surface area contributed by atoms with Gasteiger partial charge in [-0.15, -0.1) is 0 Å². The average Bonchev–Trinajstić information content (AvgIpc) is 3.22. The van der Waals surface area contributed by atoms with Gasteiger partial charge in [0.15, 0.2) is 0 Å². The van der Waals surface area contributed by atoms with Crippen molar-refractivity contribution in [2.24, 2.45) is 0 Å². The number of rotatable bonds is 1. The molecule has 0 bridgehead atoms. The first kappa shape index (κ1) is 17.3. The molecule has 0 aliphatic heterocycles. The van der Waals surface area contributed by atoms with Crippen LogP contribution in [0.4, 0.5) is 0 Å². The average molecular weight is 389 g/mol. The van der Waals surface area contributed by atoms with E-state index in [2.05, 4.69) is 104 Å². The molecule has 0 saturated carbocycles. The molecule has 0 unspecified atom stereocenters. The van der Waals surface area contributed by atoms with Crippen LogP contribution in [-0.4, -0.2) is 9.55 Å². The van der Waals surface area contributed by atoms with Crippen LogP contribution in [0.3, 0.4) is 0 Å². The van der Waals surface area contributed by atoms with Crippen LogP contribution in [0.2, 0.25) is 0 Å². The molecule has 2 aromatic heterocycles. The summed E-state index contributed by atoms with van der Waals surface area (Å²) in [4.78, 5) is 3.72. The van der Waals surface area contributed by atoms with Crippen LogP contribution in [0, 0.1) is 27.7 Å². The highest BCUT2D eigenvalue weighted by Gasteiger charge is 2.17. The first-order valence-electron chi connectivity index (χ1n) is 10.5. The van der Waals surface area contributed by atoms with Gasteiger partial charge in [0.2, 0.25) is 0 Å². The van der Waals surface area contributed by atoms with Crippen LogP contribution >= 0.6 is 0 Å². The number of nitrogens with zero attached hydrogens (tertiary/aromatic N) is 1. The summed E-state index contributed by atoms with van der Waals surface area (Å²) >= 11 is 0. The summed E-state index contributed by atoms with van der Waals surface area (Å²) in [6, 6.07) is 24.9. The number of nitrogens with one attached hydrogen (secondary N) is 1. The summed E-state index contributed by atoms with van der Waals surface area (Å²) < 4.78 is 2.43. The van der Waals surface area contributed by atoms with Crippen LogP contribution in [-0.2, 0) is 0 Å². The maximum atomic E-state index is 3.72. The normalized spacial score (nSPS) is 12.0. The number of benzene rings is 4. The molecule has 30 heavy (non-hydrogen) atoms. The van der Waals surface area contributed by atoms with E-state index in [9.17, 15) is 0 Å². The topological polar surface area (TPSA) is 20.7 Å². The Morgan fingerprint density at radius 1 is 0.533 bits per heavy atom. The zero-order valence-corrected chi connectivity index (χ0v) is 17.8. The maximum absolute atomic E-state index is 3.72. The Balaban J connectivity index is 1.83. The highest BCUT2D eigenvalue weighted by Crippen LogP contribution is 2.37. The van der Waals surface area contributed by atoms with Crippen LogP contribution in [0.5, 0.6) is 0 Å². The van der Waals surface area contributed by atoms with E-state index >= 15 is 0 Å². The number of aryl methyl sites for hydroxylation is 4. The number of fused-ring (bicyclic) bond motifs is 6. The van der Waals surface area contributed by atoms with Crippen molar-refractivity contribution in [2.75, 3.05) is 0 Å². The molecule has 0 spiro atoms. The van der Waals surface area contributed by atoms with E-state index in [1.165, 1.54) is 71.6 Å². The molecule has 0 saturated heterocycles. The summed E-state index contributed by atoms with van der Waals surface area (Å²) in [6.45, 7) is 8.69. The molecule has 0 radical (unpaired) electrons. The Labute approximate surface area is 175 Å². The third kappa shape index (κ3) is 2.37. The highest BCUT2D eigenvalue weighted by atomic mass is 15.0. The van der Waals surface area contributed by atoms with Gasteiger partial charge in [0, 0.05) is 27.1 Å². The second-order valence-electron chi connectivity index (χ2n) is 8.76. The molecule has 146 valence electrons. The Kier molecular flexibility index (Phi) is 3.47. The fraction of sp³-hybridized carbons (Fsp3) is 0.143. The van der Waals surface area contributed by atoms with E-state index in [-0.39, 0.29) is 0 Å². The van der Waals surface area contributed by atoms with Gasteiger partial charge in [-0.05, 0) is 81.8 Å². The Morgan fingerprint density at radius 3 is 1.70 bits per heavy atom. The molecule has 1 N–H and O–H groups in total. The maximum Gasteiger partial charge on any atom is 0.0710 e. The van der Waals surface area contributed by atoms with Gasteiger partial charge in [0.1, 0.15) is 0 Å². The minimum absolute atomic E-state index is 1.19. The van der Waals surface area contributed by atoms with E-state index in [4.69, 9.17) is 0 Å². The second-order valence-corrected chi connectivity index (χ2v) is 8.76. The van der Waals surface area contributed by atoms with Crippen molar-refractivity contribution < 1.29 is 0 Å². The first-order chi connectivity index (χ1) is 14.5. The monoisotopic (exact) mass is 388 g/mol. The third-order valence-electron chi connectivity index (χ3n) is 6.30. The molecule has 6 aromatic rings. The van der Waals surface area contributed by atoms with E-state index in [0.29, 0.717) is 0 Å². The van der Waals surface area contributed by atoms with Gasteiger partial charge in [-0.1, -0.05) is 34.9 Å². The van der Waals surface area contributed by atoms with E-state index in [0.717, 1.165) is 0 Å². The standard InChI is InChI=1S/C28H24N2/c1-16-5-8-24-20(11-16)23-14-19(4)15-27(28(23)29-24)30-25-9-6-17(2)12-21(25)22-13-18(3)7-10-26(22)30/h5-15,29H,1-4H3. The van der Waals surface area contributed by atoms with Crippen LogP contribution in [0.15, 0.2) is 66.7 Å². The molecule has 0 atom stereocenters. The minimum Gasteiger partial charge on any atom is -0.353 e. The van der Waals surface area contributed by atoms with E-state index in [1.807, 2.05) is 0 Å². The number of hydrogen-bond acceptors (Lipinski definition) is 0. The van der Waals surface area contributed by atoms with Gasteiger partial charge in [0.05, 0.1) is 22.2 Å². The van der Waals surface area contributed by atoms with Crippen molar-refractivity contribution in [3.8, 4) is 5.69 Å². The smallest absolute Gasteiger partial charge is 0.0710 e. The summed E-state index contributed by atoms with van der Waals surface area (Å²) in [5.41, 5.74) is 11.2. The molecule has 2 heterocycles. The fourth-order valence-electron chi connectivity index (χ4n) is 4.92. The number of H-pyrrole nitrogens is 1. The summed E-state index contributed by atoms with van der Waals surface area (Å²) in [5, 5.41) is 5.21. The summed E-state index contributed by atoms with van der Waals surface area (Å²) in [6.07, 6.45) is 0. The zero-order valence-electron chi connectivity index (χ0n) is 17.8. The van der Waals surface area contributed by atoms with Gasteiger partial charge in [-0.3, -0.25) is 0 Å². The van der Waals surface area contributed by atoms with Gasteiger partial charge >= 0.3 is 0 Å². The van der Waals surface area contributed by atoms with Crippen LogP contribution in [0.25, 0.3) is 49.3 Å². The zero-order chi connectivity index (χ0) is 20.6. The van der Waals surface area contributed by atoms with Crippen LogP contribution < -0.4 is 0 Å². The van der Waals surface area contributed by atoms with E-state index < -0.39 is 0 Å².